The van der Waals surface area contributed by atoms with Gasteiger partial charge in [0.15, 0.2) is 5.79 Å². The zero-order chi connectivity index (χ0) is 27.2. The van der Waals surface area contributed by atoms with Crippen molar-refractivity contribution in [3.05, 3.63) is 35.9 Å². The Labute approximate surface area is 231 Å². The highest BCUT2D eigenvalue weighted by molar-refractivity contribution is 6.76. The van der Waals surface area contributed by atoms with Crippen LogP contribution in [0.2, 0.25) is 0 Å². The van der Waals surface area contributed by atoms with Crippen molar-refractivity contribution in [2.45, 2.75) is 85.9 Å². The first-order chi connectivity index (χ1) is 17.2. The largest absolute Gasteiger partial charge is 0.457 e. The Bertz CT molecular complexity index is 1070. The molecule has 3 fully saturated rings. The third-order valence-electron chi connectivity index (χ3n) is 7.17. The summed E-state index contributed by atoms with van der Waals surface area (Å²) in [5.41, 5.74) is -1.70. The first-order valence-corrected chi connectivity index (χ1v) is 13.0. The molecule has 202 valence electrons. The molecule has 1 saturated carbocycles. The average molecular weight is 575 g/mol. The SMILES string of the molecule is C#C[C@H]1O[C@H]2[C@H](OCc3ccccc3)[C@]1(NC(=O)C(Cl)(Cl)Cl)[C@@H]([C@H]1COC(C)(C)O1)C[C@]2(C)OC(C)=O. The molecule has 3 aliphatic rings. The Balaban J connectivity index is 1.85. The number of carbonyl (C=O) groups excluding carboxylic acids is 2. The number of alkyl halides is 3. The second-order valence-electron chi connectivity index (χ2n) is 10.3. The van der Waals surface area contributed by atoms with Crippen LogP contribution in [0.3, 0.4) is 0 Å². The van der Waals surface area contributed by atoms with Crippen molar-refractivity contribution in [1.29, 1.82) is 0 Å². The summed E-state index contributed by atoms with van der Waals surface area (Å²) in [6.07, 6.45) is 2.83. The number of halogens is 3. The van der Waals surface area contributed by atoms with E-state index in [-0.39, 0.29) is 19.6 Å². The fraction of sp³-hybridized carbons (Fsp3) is 0.615. The Morgan fingerprint density at radius 2 is 1.89 bits per heavy atom. The quantitative estimate of drug-likeness (QED) is 0.315. The zero-order valence-corrected chi connectivity index (χ0v) is 23.2. The molecule has 37 heavy (non-hydrogen) atoms. The van der Waals surface area contributed by atoms with Crippen LogP contribution in [-0.2, 0) is 39.9 Å². The number of hydrogen-bond acceptors (Lipinski definition) is 7. The summed E-state index contributed by atoms with van der Waals surface area (Å²) in [5, 5.41) is 2.89. The van der Waals surface area contributed by atoms with Crippen LogP contribution in [0, 0.1) is 18.3 Å². The number of nitrogens with one attached hydrogen (secondary N) is 1. The highest BCUT2D eigenvalue weighted by atomic mass is 35.6. The van der Waals surface area contributed by atoms with Crippen molar-refractivity contribution in [2.75, 3.05) is 6.61 Å². The minimum absolute atomic E-state index is 0.157. The average Bonchev–Trinajstić information content (AvgIpc) is 3.29. The van der Waals surface area contributed by atoms with Crippen LogP contribution in [0.4, 0.5) is 0 Å². The molecular weight excluding hydrogens is 545 g/mol. The Morgan fingerprint density at radius 3 is 2.43 bits per heavy atom. The third kappa shape index (κ3) is 5.46. The minimum atomic E-state index is -2.29. The summed E-state index contributed by atoms with van der Waals surface area (Å²) in [6, 6.07) is 9.45. The van der Waals surface area contributed by atoms with E-state index in [2.05, 4.69) is 11.2 Å². The van der Waals surface area contributed by atoms with Crippen molar-refractivity contribution >= 4 is 46.7 Å². The van der Waals surface area contributed by atoms with E-state index in [0.29, 0.717) is 0 Å². The number of esters is 1. The number of amides is 1. The van der Waals surface area contributed by atoms with Gasteiger partial charge in [-0.15, -0.1) is 6.42 Å². The summed E-state index contributed by atoms with van der Waals surface area (Å²) in [7, 11) is 0. The van der Waals surface area contributed by atoms with E-state index in [0.717, 1.165) is 5.56 Å². The van der Waals surface area contributed by atoms with Crippen molar-refractivity contribution < 1.29 is 33.3 Å². The predicted octanol–water partition coefficient (Wildman–Crippen LogP) is 3.69. The first-order valence-electron chi connectivity index (χ1n) is 11.9. The van der Waals surface area contributed by atoms with Crippen LogP contribution in [0.15, 0.2) is 30.3 Å². The van der Waals surface area contributed by atoms with E-state index in [9.17, 15) is 9.59 Å². The fourth-order valence-corrected chi connectivity index (χ4v) is 5.90. The fourth-order valence-electron chi connectivity index (χ4n) is 5.76. The molecule has 1 N–H and O–H groups in total. The van der Waals surface area contributed by atoms with Gasteiger partial charge in [0.05, 0.1) is 19.3 Å². The van der Waals surface area contributed by atoms with E-state index < -0.39 is 62.9 Å². The van der Waals surface area contributed by atoms with E-state index in [1.54, 1.807) is 20.8 Å². The van der Waals surface area contributed by atoms with Gasteiger partial charge in [-0.1, -0.05) is 71.1 Å². The van der Waals surface area contributed by atoms with Gasteiger partial charge in [0.2, 0.25) is 0 Å². The first kappa shape index (κ1) is 28.4. The van der Waals surface area contributed by atoms with Crippen molar-refractivity contribution in [3.8, 4) is 12.3 Å². The van der Waals surface area contributed by atoms with Gasteiger partial charge in [0, 0.05) is 12.8 Å². The molecule has 1 aliphatic carbocycles. The van der Waals surface area contributed by atoms with Crippen molar-refractivity contribution in [2.24, 2.45) is 5.92 Å². The molecule has 0 aromatic heterocycles. The maximum absolute atomic E-state index is 13.2. The molecule has 1 amide bonds. The topological polar surface area (TPSA) is 92.3 Å². The van der Waals surface area contributed by atoms with E-state index in [4.69, 9.17) is 64.9 Å². The summed E-state index contributed by atoms with van der Waals surface area (Å²) in [6.45, 7) is 6.98. The predicted molar refractivity (Wildman–Crippen MR) is 137 cm³/mol. The minimum Gasteiger partial charge on any atom is -0.457 e. The number of benzene rings is 1. The summed E-state index contributed by atoms with van der Waals surface area (Å²) in [4.78, 5) is 25.4. The standard InChI is InChI=1S/C26H30Cl3NO7/c1-6-19-25(30-22(32)26(27,28)29)17(18-14-34-23(3,4)37-18)12-24(5,36-15(2)31)20(35-19)21(25)33-13-16-10-8-7-9-11-16/h1,7-11,17-21H,12-14H2,2-5H3,(H,30,32)/t17-,18-,19-,20+,21+,24+,25+/m1/s1. The van der Waals surface area contributed by atoms with Gasteiger partial charge in [-0.2, -0.15) is 0 Å². The van der Waals surface area contributed by atoms with Gasteiger partial charge in [-0.05, 0) is 32.8 Å². The molecule has 0 radical (unpaired) electrons. The lowest BCUT2D eigenvalue weighted by atomic mass is 9.62. The Morgan fingerprint density at radius 1 is 1.22 bits per heavy atom. The highest BCUT2D eigenvalue weighted by Gasteiger charge is 2.73. The monoisotopic (exact) mass is 573 g/mol. The molecule has 11 heteroatoms. The number of fused-ring (bicyclic) bond motifs is 2. The normalized spacial score (nSPS) is 36.5. The molecular formula is C26H30Cl3NO7. The molecule has 2 bridgehead atoms. The smallest absolute Gasteiger partial charge is 0.303 e. The van der Waals surface area contributed by atoms with Gasteiger partial charge >= 0.3 is 5.97 Å². The summed E-state index contributed by atoms with van der Waals surface area (Å²) < 4.78 is 28.5. The molecule has 8 nitrogen and oxygen atoms in total. The molecule has 0 spiro atoms. The number of terminal acetylenes is 1. The van der Waals surface area contributed by atoms with Crippen LogP contribution in [-0.4, -0.2) is 63.6 Å². The summed E-state index contributed by atoms with van der Waals surface area (Å²) >= 11 is 18.0. The Hall–Kier alpha value is -1.57. The molecule has 2 saturated heterocycles. The molecule has 4 rings (SSSR count). The third-order valence-corrected chi connectivity index (χ3v) is 7.69. The van der Waals surface area contributed by atoms with E-state index in [1.807, 2.05) is 30.3 Å². The van der Waals surface area contributed by atoms with Crippen LogP contribution in [0.25, 0.3) is 0 Å². The second-order valence-corrected chi connectivity index (χ2v) is 12.6. The van der Waals surface area contributed by atoms with Gasteiger partial charge in [0.1, 0.15) is 29.5 Å². The number of carbonyl (C=O) groups is 2. The van der Waals surface area contributed by atoms with Gasteiger partial charge in [-0.25, -0.2) is 0 Å². The molecule has 0 unspecified atom stereocenters. The maximum atomic E-state index is 13.2. The van der Waals surface area contributed by atoms with Crippen molar-refractivity contribution in [3.63, 3.8) is 0 Å². The zero-order valence-electron chi connectivity index (χ0n) is 21.0. The lowest BCUT2D eigenvalue weighted by Gasteiger charge is -2.53. The second kappa shape index (κ2) is 10.2. The van der Waals surface area contributed by atoms with E-state index in [1.165, 1.54) is 6.92 Å². The molecule has 2 aliphatic heterocycles. The number of hydrogen-bond donors (Lipinski definition) is 1. The van der Waals surface area contributed by atoms with Crippen LogP contribution >= 0.6 is 34.8 Å². The number of ether oxygens (including phenoxy) is 5. The van der Waals surface area contributed by atoms with Gasteiger partial charge in [0.25, 0.3) is 9.70 Å². The maximum Gasteiger partial charge on any atom is 0.303 e. The van der Waals surface area contributed by atoms with E-state index >= 15 is 0 Å². The lowest BCUT2D eigenvalue weighted by Crippen LogP contribution is -2.74. The van der Waals surface area contributed by atoms with Crippen LogP contribution < -0.4 is 5.32 Å². The van der Waals surface area contributed by atoms with Crippen molar-refractivity contribution in [1.82, 2.24) is 5.32 Å². The Kier molecular flexibility index (Phi) is 7.84. The lowest BCUT2D eigenvalue weighted by molar-refractivity contribution is -0.207. The van der Waals surface area contributed by atoms with Crippen LogP contribution in [0.5, 0.6) is 0 Å². The van der Waals surface area contributed by atoms with Gasteiger partial charge in [-0.3, -0.25) is 9.59 Å². The van der Waals surface area contributed by atoms with Crippen LogP contribution in [0.1, 0.15) is 39.7 Å². The van der Waals surface area contributed by atoms with Gasteiger partial charge < -0.3 is 29.0 Å². The molecule has 1 aromatic carbocycles. The molecule has 2 heterocycles. The molecule has 1 aromatic rings. The molecule has 7 atom stereocenters. The summed E-state index contributed by atoms with van der Waals surface area (Å²) in [5.74, 6) is -0.266. The number of rotatable bonds is 6. The highest BCUT2D eigenvalue weighted by Crippen LogP contribution is 2.55.